The summed E-state index contributed by atoms with van der Waals surface area (Å²) in [7, 11) is 1.71. The largest absolute Gasteiger partial charge is 0.322 e. The van der Waals surface area contributed by atoms with Crippen LogP contribution < -0.4 is 15.5 Å². The number of amides is 2. The molecule has 0 spiro atoms. The quantitative estimate of drug-likeness (QED) is 0.489. The summed E-state index contributed by atoms with van der Waals surface area (Å²) < 4.78 is 12.9. The third-order valence-corrected chi connectivity index (χ3v) is 4.53. The van der Waals surface area contributed by atoms with Crippen LogP contribution in [0, 0.1) is 5.82 Å². The maximum Gasteiger partial charge on any atom is 0.279 e. The zero-order valence-corrected chi connectivity index (χ0v) is 17.0. The van der Waals surface area contributed by atoms with Crippen LogP contribution >= 0.6 is 0 Å². The van der Waals surface area contributed by atoms with Crippen LogP contribution in [0.15, 0.2) is 78.9 Å². The first-order chi connectivity index (χ1) is 14.9. The zero-order chi connectivity index (χ0) is 22.2. The lowest BCUT2D eigenvalue weighted by molar-refractivity contribution is -0.862. The second-order valence-electron chi connectivity index (χ2n) is 7.15. The second-order valence-corrected chi connectivity index (χ2v) is 7.15. The van der Waals surface area contributed by atoms with Gasteiger partial charge in [-0.15, -0.1) is 0 Å². The second kappa shape index (κ2) is 10.3. The molecule has 0 aliphatic heterocycles. The molecule has 1 atom stereocenters. The predicted octanol–water partition coefficient (Wildman–Crippen LogP) is 2.15. The summed E-state index contributed by atoms with van der Waals surface area (Å²) in [6.07, 6.45) is 0. The van der Waals surface area contributed by atoms with Crippen molar-refractivity contribution < 1.29 is 23.7 Å². The SMILES string of the molecule is C[NH+](CC(=O)Nc1ccc(F)cc1)CC(=O)Nc1ccccc1C(=O)c1ccccc1. The van der Waals surface area contributed by atoms with E-state index in [1.54, 1.807) is 55.6 Å². The number of anilines is 2. The Morgan fingerprint density at radius 2 is 1.35 bits per heavy atom. The summed E-state index contributed by atoms with van der Waals surface area (Å²) in [5.74, 6) is -1.18. The van der Waals surface area contributed by atoms with Crippen LogP contribution in [-0.2, 0) is 9.59 Å². The number of rotatable bonds is 8. The monoisotopic (exact) mass is 420 g/mol. The van der Waals surface area contributed by atoms with Gasteiger partial charge in [0.15, 0.2) is 18.9 Å². The molecule has 0 radical (unpaired) electrons. The summed E-state index contributed by atoms with van der Waals surface area (Å²) >= 11 is 0. The summed E-state index contributed by atoms with van der Waals surface area (Å²) in [5.41, 5.74) is 1.83. The fraction of sp³-hybridized carbons (Fsp3) is 0.125. The van der Waals surface area contributed by atoms with Gasteiger partial charge in [-0.25, -0.2) is 4.39 Å². The van der Waals surface area contributed by atoms with Gasteiger partial charge in [-0.2, -0.15) is 0 Å². The molecule has 3 aromatic rings. The lowest BCUT2D eigenvalue weighted by atomic mass is 10.0. The number of hydrogen-bond acceptors (Lipinski definition) is 3. The van der Waals surface area contributed by atoms with Crippen LogP contribution in [0.4, 0.5) is 15.8 Å². The summed E-state index contributed by atoms with van der Waals surface area (Å²) in [5, 5.41) is 5.43. The van der Waals surface area contributed by atoms with Gasteiger partial charge in [-0.1, -0.05) is 42.5 Å². The maximum atomic E-state index is 12.9. The zero-order valence-electron chi connectivity index (χ0n) is 17.0. The highest BCUT2D eigenvalue weighted by Gasteiger charge is 2.18. The summed E-state index contributed by atoms with van der Waals surface area (Å²) in [6.45, 7) is 0.0834. The molecule has 3 N–H and O–H groups in total. The molecule has 0 heterocycles. The lowest BCUT2D eigenvalue weighted by Gasteiger charge is -2.15. The molecule has 0 aliphatic rings. The van der Waals surface area contributed by atoms with Crippen LogP contribution in [0.3, 0.4) is 0 Å². The number of halogens is 1. The van der Waals surface area contributed by atoms with Gasteiger partial charge in [-0.05, 0) is 36.4 Å². The fourth-order valence-electron chi connectivity index (χ4n) is 3.08. The Morgan fingerprint density at radius 3 is 2.03 bits per heavy atom. The van der Waals surface area contributed by atoms with E-state index < -0.39 is 0 Å². The van der Waals surface area contributed by atoms with E-state index >= 15 is 0 Å². The Hall–Kier alpha value is -3.84. The van der Waals surface area contributed by atoms with Gasteiger partial charge >= 0.3 is 0 Å². The lowest BCUT2D eigenvalue weighted by Crippen LogP contribution is -3.11. The van der Waals surface area contributed by atoms with E-state index in [1.807, 2.05) is 6.07 Å². The molecule has 3 rings (SSSR count). The van der Waals surface area contributed by atoms with E-state index in [-0.39, 0.29) is 36.5 Å². The van der Waals surface area contributed by atoms with Crippen molar-refractivity contribution >= 4 is 29.0 Å². The Kier molecular flexibility index (Phi) is 7.24. The summed E-state index contributed by atoms with van der Waals surface area (Å²) in [6, 6.07) is 21.1. The molecule has 0 bridgehead atoms. The Labute approximate surface area is 179 Å². The van der Waals surface area contributed by atoms with E-state index in [0.717, 1.165) is 0 Å². The van der Waals surface area contributed by atoms with Crippen molar-refractivity contribution in [2.75, 3.05) is 30.8 Å². The molecule has 31 heavy (non-hydrogen) atoms. The smallest absolute Gasteiger partial charge is 0.279 e. The molecule has 1 unspecified atom stereocenters. The number of carbonyl (C=O) groups is 3. The van der Waals surface area contributed by atoms with Crippen molar-refractivity contribution in [3.63, 3.8) is 0 Å². The van der Waals surface area contributed by atoms with Crippen LogP contribution in [0.25, 0.3) is 0 Å². The number of nitrogens with one attached hydrogen (secondary N) is 3. The van der Waals surface area contributed by atoms with E-state index in [9.17, 15) is 18.8 Å². The van der Waals surface area contributed by atoms with Gasteiger partial charge in [0.2, 0.25) is 0 Å². The number of likely N-dealkylation sites (N-methyl/N-ethyl adjacent to an activating group) is 1. The van der Waals surface area contributed by atoms with Gasteiger partial charge in [0, 0.05) is 16.8 Å². The topological polar surface area (TPSA) is 79.7 Å². The molecule has 0 fully saturated rings. The highest BCUT2D eigenvalue weighted by molar-refractivity contribution is 6.13. The van der Waals surface area contributed by atoms with Gasteiger partial charge in [0.25, 0.3) is 11.8 Å². The predicted molar refractivity (Wildman–Crippen MR) is 117 cm³/mol. The molecule has 2 amide bonds. The third-order valence-electron chi connectivity index (χ3n) is 4.53. The number of ketones is 1. The summed E-state index contributed by atoms with van der Waals surface area (Å²) in [4.78, 5) is 38.1. The van der Waals surface area contributed by atoms with Gasteiger partial charge < -0.3 is 15.5 Å². The van der Waals surface area contributed by atoms with Crippen molar-refractivity contribution in [2.45, 2.75) is 0 Å². The van der Waals surface area contributed by atoms with Crippen molar-refractivity contribution in [3.05, 3.63) is 95.8 Å². The van der Waals surface area contributed by atoms with Crippen LogP contribution in [0.5, 0.6) is 0 Å². The molecule has 7 heteroatoms. The minimum Gasteiger partial charge on any atom is -0.322 e. The van der Waals surface area contributed by atoms with E-state index in [4.69, 9.17) is 0 Å². The van der Waals surface area contributed by atoms with Gasteiger partial charge in [-0.3, -0.25) is 14.4 Å². The first-order valence-electron chi connectivity index (χ1n) is 9.77. The van der Waals surface area contributed by atoms with Crippen LogP contribution in [0.1, 0.15) is 15.9 Å². The van der Waals surface area contributed by atoms with Crippen molar-refractivity contribution in [2.24, 2.45) is 0 Å². The highest BCUT2D eigenvalue weighted by atomic mass is 19.1. The molecule has 0 aromatic heterocycles. The van der Waals surface area contributed by atoms with E-state index in [1.165, 1.54) is 24.3 Å². The number of benzene rings is 3. The van der Waals surface area contributed by atoms with Crippen LogP contribution in [0.2, 0.25) is 0 Å². The first kappa shape index (κ1) is 21.9. The molecule has 3 aromatic carbocycles. The highest BCUT2D eigenvalue weighted by Crippen LogP contribution is 2.19. The van der Waals surface area contributed by atoms with E-state index in [2.05, 4.69) is 10.6 Å². The van der Waals surface area contributed by atoms with Gasteiger partial charge in [0.05, 0.1) is 12.7 Å². The Morgan fingerprint density at radius 1 is 0.774 bits per heavy atom. The Bertz CT molecular complexity index is 1070. The molecule has 6 nitrogen and oxygen atoms in total. The van der Waals surface area contributed by atoms with Crippen LogP contribution in [-0.4, -0.2) is 37.7 Å². The Balaban J connectivity index is 1.57. The number of para-hydroxylation sites is 1. The average Bonchev–Trinajstić information content (AvgIpc) is 2.75. The number of hydrogen-bond donors (Lipinski definition) is 3. The standard InChI is InChI=1S/C24H22FN3O3/c1-28(15-22(29)26-19-13-11-18(25)12-14-19)16-23(30)27-21-10-6-5-9-20(21)24(31)17-7-3-2-4-8-17/h2-14H,15-16H2,1H3,(H,26,29)(H,27,30)/p+1. The molecular formula is C24H23FN3O3+. The van der Waals surface area contributed by atoms with Crippen molar-refractivity contribution in [3.8, 4) is 0 Å². The first-order valence-corrected chi connectivity index (χ1v) is 9.77. The normalized spacial score (nSPS) is 11.4. The molecule has 158 valence electrons. The minimum absolute atomic E-state index is 0.0324. The van der Waals surface area contributed by atoms with E-state index in [0.29, 0.717) is 27.4 Å². The maximum absolute atomic E-state index is 12.9. The average molecular weight is 420 g/mol. The molecule has 0 saturated carbocycles. The minimum atomic E-state index is -0.386. The van der Waals surface area contributed by atoms with Gasteiger partial charge in [0.1, 0.15) is 5.82 Å². The third kappa shape index (κ3) is 6.32. The number of quaternary nitrogens is 1. The molecular weight excluding hydrogens is 397 g/mol. The van der Waals surface area contributed by atoms with Crippen molar-refractivity contribution in [1.82, 2.24) is 0 Å². The number of carbonyl (C=O) groups excluding carboxylic acids is 3. The molecule has 0 aliphatic carbocycles. The fourth-order valence-corrected chi connectivity index (χ4v) is 3.08. The van der Waals surface area contributed by atoms with Crippen molar-refractivity contribution in [1.29, 1.82) is 0 Å². The molecule has 0 saturated heterocycles.